The molecule has 5 fully saturated rings. The quantitative estimate of drug-likeness (QED) is 0.130. The fourth-order valence-corrected chi connectivity index (χ4v) is 10.5. The summed E-state index contributed by atoms with van der Waals surface area (Å²) >= 11 is 2.95. The van der Waals surface area contributed by atoms with Crippen LogP contribution in [0, 0.1) is 22.5 Å². The van der Waals surface area contributed by atoms with Gasteiger partial charge in [-0.1, -0.05) is 68.1 Å². The summed E-state index contributed by atoms with van der Waals surface area (Å²) in [5.74, 6) is 0.841. The number of carbonyl (C=O) groups excluding carboxylic acids is 2. The summed E-state index contributed by atoms with van der Waals surface area (Å²) in [7, 11) is -0.300. The molecule has 6 nitrogen and oxygen atoms in total. The Bertz CT molecular complexity index is 2090. The van der Waals surface area contributed by atoms with Crippen LogP contribution in [0.25, 0.3) is 11.1 Å². The normalized spacial score (nSPS) is 22.0. The first-order valence-corrected chi connectivity index (χ1v) is 23.5. The molecule has 4 aromatic carbocycles. The van der Waals surface area contributed by atoms with Crippen molar-refractivity contribution in [3.63, 3.8) is 0 Å². The lowest BCUT2D eigenvalue weighted by atomic mass is 9.72. The van der Waals surface area contributed by atoms with E-state index in [9.17, 15) is 18.4 Å². The van der Waals surface area contributed by atoms with E-state index in [1.807, 2.05) is 24.3 Å². The molecule has 9 rings (SSSR count). The molecule has 0 bridgehead atoms. The highest BCUT2D eigenvalue weighted by Crippen LogP contribution is 2.50. The van der Waals surface area contributed by atoms with Crippen LogP contribution >= 0.6 is 15.9 Å². The van der Waals surface area contributed by atoms with E-state index < -0.39 is 11.6 Å². The molecule has 62 heavy (non-hydrogen) atoms. The Morgan fingerprint density at radius 2 is 1.00 bits per heavy atom. The van der Waals surface area contributed by atoms with Gasteiger partial charge in [0.15, 0.2) is 12.6 Å². The van der Waals surface area contributed by atoms with Crippen molar-refractivity contribution in [3.8, 4) is 22.6 Å². The van der Waals surface area contributed by atoms with E-state index in [-0.39, 0.29) is 29.4 Å². The van der Waals surface area contributed by atoms with Crippen LogP contribution < -0.4 is 14.9 Å². The Hall–Kier alpha value is -3.86. The maximum absolute atomic E-state index is 14.3. The van der Waals surface area contributed by atoms with Crippen molar-refractivity contribution in [2.75, 3.05) is 0 Å². The highest BCUT2D eigenvalue weighted by atomic mass is 79.9. The first kappa shape index (κ1) is 46.1. The largest absolute Gasteiger partial charge is 0.494 e. The fourth-order valence-electron chi connectivity index (χ4n) is 10.1. The van der Waals surface area contributed by atoms with E-state index in [0.717, 1.165) is 35.4 Å². The van der Waals surface area contributed by atoms with Gasteiger partial charge in [0.1, 0.15) is 23.1 Å². The second-order valence-electron chi connectivity index (χ2n) is 19.3. The zero-order valence-electron chi connectivity index (χ0n) is 36.9. The average Bonchev–Trinajstić information content (AvgIpc) is 3.99. The van der Waals surface area contributed by atoms with Crippen molar-refractivity contribution in [2.45, 2.75) is 154 Å². The maximum Gasteiger partial charge on any atom is 0.494 e. The van der Waals surface area contributed by atoms with Crippen LogP contribution in [-0.2, 0) is 9.31 Å². The van der Waals surface area contributed by atoms with Crippen molar-refractivity contribution in [3.05, 3.63) is 112 Å². The van der Waals surface area contributed by atoms with E-state index >= 15 is 0 Å². The minimum Gasteiger partial charge on any atom is -0.490 e. The van der Waals surface area contributed by atoms with E-state index in [1.54, 1.807) is 24.3 Å². The zero-order valence-corrected chi connectivity index (χ0v) is 38.5. The van der Waals surface area contributed by atoms with Gasteiger partial charge in [0.05, 0.1) is 39.0 Å². The number of aldehydes is 2. The predicted octanol–water partition coefficient (Wildman–Crippen LogP) is 13.5. The lowest BCUT2D eigenvalue weighted by Gasteiger charge is -2.37. The standard InChI is InChI=1S/C23H25FO2.C22H33BO3.C7H4BrFO/c24-22-18(16-25)4-3-5-21(22)17-6-8-19(9-7-17)26-20-10-14-23(15-11-20)12-1-2-13-23;1-20(2)21(3,4)26-23(25-20)17-7-9-18(10-8-17)24-19-11-15-22(16-12-19)13-5-6-14-22;8-6-3-1-2-5(4-10)7(6)9/h3-9,16,20H,1-2,10-15H2;7-10,19H,5-6,11-16H2,1-4H3;1-4H. The van der Waals surface area contributed by atoms with Crippen LogP contribution in [0.15, 0.2) is 89.4 Å². The molecule has 4 saturated carbocycles. The van der Waals surface area contributed by atoms with E-state index in [1.165, 1.54) is 102 Å². The second-order valence-corrected chi connectivity index (χ2v) is 20.2. The third-order valence-electron chi connectivity index (χ3n) is 14.8. The zero-order chi connectivity index (χ0) is 44.0. The molecule has 0 radical (unpaired) electrons. The van der Waals surface area contributed by atoms with Crippen LogP contribution in [0.1, 0.15) is 151 Å². The molecule has 10 heteroatoms. The summed E-state index contributed by atoms with van der Waals surface area (Å²) < 4.78 is 52.1. The van der Waals surface area contributed by atoms with Gasteiger partial charge in [0, 0.05) is 5.56 Å². The molecule has 5 aliphatic rings. The molecule has 0 amide bonds. The molecule has 4 aromatic rings. The summed E-state index contributed by atoms with van der Waals surface area (Å²) in [6.07, 6.45) is 23.0. The van der Waals surface area contributed by atoms with Gasteiger partial charge in [0.25, 0.3) is 0 Å². The SMILES string of the molecule is CC1(C)OB(c2ccc(OC3CCC4(CCCC4)CC3)cc2)OC1(C)C.O=Cc1cccc(-c2ccc(OC3CCC4(CCCC4)CC3)cc2)c1F.O=Cc1cccc(Br)c1F. The number of ether oxygens (including phenoxy) is 2. The molecular weight excluding hydrogens is 849 g/mol. The molecule has 1 aliphatic heterocycles. The topological polar surface area (TPSA) is 71.1 Å². The van der Waals surface area contributed by atoms with Gasteiger partial charge in [-0.25, -0.2) is 8.78 Å². The maximum atomic E-state index is 14.3. The Labute approximate surface area is 376 Å². The minimum absolute atomic E-state index is 0.0781. The molecule has 1 heterocycles. The first-order valence-electron chi connectivity index (χ1n) is 22.8. The van der Waals surface area contributed by atoms with Crippen molar-refractivity contribution in [2.24, 2.45) is 10.8 Å². The Morgan fingerprint density at radius 1 is 0.581 bits per heavy atom. The van der Waals surface area contributed by atoms with Crippen molar-refractivity contribution < 1.29 is 37.2 Å². The lowest BCUT2D eigenvalue weighted by Crippen LogP contribution is -2.41. The molecule has 0 atom stereocenters. The summed E-state index contributed by atoms with van der Waals surface area (Å²) in [5.41, 5.74) is 3.11. The van der Waals surface area contributed by atoms with E-state index in [2.05, 4.69) is 67.9 Å². The van der Waals surface area contributed by atoms with Crippen LogP contribution in [0.3, 0.4) is 0 Å². The molecule has 2 spiro atoms. The van der Waals surface area contributed by atoms with Gasteiger partial charge in [-0.2, -0.15) is 0 Å². The fraction of sp³-hybridized carbons (Fsp3) is 0.500. The molecular formula is C52H62BBrF2O6. The van der Waals surface area contributed by atoms with Gasteiger partial charge in [0.2, 0.25) is 0 Å². The average molecular weight is 912 g/mol. The number of hydrogen-bond donors (Lipinski definition) is 0. The number of rotatable bonds is 8. The van der Waals surface area contributed by atoms with Crippen LogP contribution in [0.5, 0.6) is 11.5 Å². The summed E-state index contributed by atoms with van der Waals surface area (Å²) in [4.78, 5) is 21.0. The number of carbonyl (C=O) groups is 2. The highest BCUT2D eigenvalue weighted by Gasteiger charge is 2.51. The summed E-state index contributed by atoms with van der Waals surface area (Å²) in [5, 5.41) is 0. The Kier molecular flexibility index (Phi) is 14.8. The minimum atomic E-state index is -0.502. The predicted molar refractivity (Wildman–Crippen MR) is 246 cm³/mol. The van der Waals surface area contributed by atoms with Gasteiger partial charge in [-0.3, -0.25) is 9.59 Å². The Balaban J connectivity index is 0.000000153. The number of halogens is 3. The monoisotopic (exact) mass is 910 g/mol. The van der Waals surface area contributed by atoms with Crippen molar-refractivity contribution >= 4 is 41.1 Å². The highest BCUT2D eigenvalue weighted by molar-refractivity contribution is 9.10. The van der Waals surface area contributed by atoms with E-state index in [0.29, 0.717) is 45.6 Å². The third-order valence-corrected chi connectivity index (χ3v) is 15.4. The number of hydrogen-bond acceptors (Lipinski definition) is 6. The smallest absolute Gasteiger partial charge is 0.490 e. The third kappa shape index (κ3) is 10.9. The Morgan fingerprint density at radius 3 is 1.44 bits per heavy atom. The second kappa shape index (κ2) is 19.9. The lowest BCUT2D eigenvalue weighted by molar-refractivity contribution is 0.00578. The summed E-state index contributed by atoms with van der Waals surface area (Å²) in [6, 6.07) is 25.3. The van der Waals surface area contributed by atoms with Gasteiger partial charge in [-0.15, -0.1) is 0 Å². The molecule has 0 unspecified atom stereocenters. The van der Waals surface area contributed by atoms with Crippen LogP contribution in [-0.4, -0.2) is 43.1 Å². The molecule has 1 saturated heterocycles. The van der Waals surface area contributed by atoms with Crippen molar-refractivity contribution in [1.82, 2.24) is 0 Å². The van der Waals surface area contributed by atoms with Gasteiger partial charge < -0.3 is 18.8 Å². The molecule has 330 valence electrons. The molecule has 4 aliphatic carbocycles. The van der Waals surface area contributed by atoms with Crippen LogP contribution in [0.2, 0.25) is 0 Å². The first-order chi connectivity index (χ1) is 29.7. The number of benzene rings is 4. The van der Waals surface area contributed by atoms with Gasteiger partial charge in [-0.05, 0) is 185 Å². The van der Waals surface area contributed by atoms with Crippen molar-refractivity contribution in [1.29, 1.82) is 0 Å². The van der Waals surface area contributed by atoms with Crippen LogP contribution in [0.4, 0.5) is 8.78 Å². The summed E-state index contributed by atoms with van der Waals surface area (Å²) in [6.45, 7) is 8.35. The molecule has 0 aromatic heterocycles. The molecule has 0 N–H and O–H groups in total. The van der Waals surface area contributed by atoms with E-state index in [4.69, 9.17) is 18.8 Å². The van der Waals surface area contributed by atoms with Gasteiger partial charge >= 0.3 is 7.12 Å².